The van der Waals surface area contributed by atoms with Crippen LogP contribution >= 0.6 is 0 Å². The van der Waals surface area contributed by atoms with Gasteiger partial charge in [0.1, 0.15) is 19.5 Å². The number of hydrogen-bond donors (Lipinski definition) is 0. The van der Waals surface area contributed by atoms with Gasteiger partial charge in [-0.25, -0.2) is 13.5 Å². The van der Waals surface area contributed by atoms with Crippen LogP contribution in [0, 0.1) is 11.6 Å². The van der Waals surface area contributed by atoms with Gasteiger partial charge in [0.05, 0.1) is 18.0 Å². The maximum atomic E-state index is 13.5. The van der Waals surface area contributed by atoms with Gasteiger partial charge in [-0.2, -0.15) is 5.10 Å². The van der Waals surface area contributed by atoms with Gasteiger partial charge < -0.3 is 0 Å². The van der Waals surface area contributed by atoms with E-state index in [0.717, 1.165) is 29.3 Å². The molecule has 28 heavy (non-hydrogen) atoms. The minimum atomic E-state index is -0.691. The van der Waals surface area contributed by atoms with Gasteiger partial charge in [-0.15, -0.1) is 0 Å². The number of benzene rings is 2. The summed E-state index contributed by atoms with van der Waals surface area (Å²) in [5, 5.41) is 4.29. The molecule has 0 unspecified atom stereocenters. The van der Waals surface area contributed by atoms with Crippen molar-refractivity contribution in [2.45, 2.75) is 13.0 Å². The monoisotopic (exact) mass is 375 g/mol. The van der Waals surface area contributed by atoms with Gasteiger partial charge in [0.25, 0.3) is 5.56 Å². The van der Waals surface area contributed by atoms with E-state index < -0.39 is 11.6 Å². The van der Waals surface area contributed by atoms with E-state index in [9.17, 15) is 13.6 Å². The molecule has 7 heteroatoms. The van der Waals surface area contributed by atoms with Crippen molar-refractivity contribution in [1.82, 2.24) is 9.78 Å². The molecule has 1 aliphatic rings. The highest BCUT2D eigenvalue weighted by atomic mass is 19.1. The average Bonchev–Trinajstić information content (AvgIpc) is 3.09. The second-order valence-electron chi connectivity index (χ2n) is 6.80. The summed E-state index contributed by atoms with van der Waals surface area (Å²) in [6.45, 7) is 0.248. The quantitative estimate of drug-likeness (QED) is 0.659. The van der Waals surface area contributed by atoms with E-state index in [1.54, 1.807) is 0 Å². The molecule has 2 aromatic carbocycles. The summed E-state index contributed by atoms with van der Waals surface area (Å²) in [4.78, 5) is 16.7. The Hall–Kier alpha value is -3.35. The second kappa shape index (κ2) is 7.35. The van der Waals surface area contributed by atoms with Crippen molar-refractivity contribution in [1.29, 1.82) is 0 Å². The lowest BCUT2D eigenvalue weighted by Crippen LogP contribution is -2.23. The third-order valence-corrected chi connectivity index (χ3v) is 4.50. The predicted molar refractivity (Wildman–Crippen MR) is 107 cm³/mol. The summed E-state index contributed by atoms with van der Waals surface area (Å²) in [7, 11) is 2.03. The lowest BCUT2D eigenvalue weighted by atomic mass is 9.91. The smallest absolute Gasteiger partial charge is 0.267 e. The molecule has 0 atom stereocenters. The number of halogens is 2. The Morgan fingerprint density at radius 2 is 1.79 bits per heavy atom. The molecular weight excluding hydrogens is 359 g/mol. The first-order chi connectivity index (χ1) is 13.5. The van der Waals surface area contributed by atoms with Gasteiger partial charge in [0.15, 0.2) is 0 Å². The average molecular weight is 375 g/mol. The largest absolute Gasteiger partial charge is 0.268 e. The molecule has 138 valence electrons. The van der Waals surface area contributed by atoms with Gasteiger partial charge in [-0.05, 0) is 35.4 Å². The molecule has 0 aliphatic carbocycles. The number of aromatic nitrogens is 2. The zero-order valence-corrected chi connectivity index (χ0v) is 15.2. The number of aliphatic imine (C=N–C) groups is 1. The summed E-state index contributed by atoms with van der Waals surface area (Å²) < 4.78 is 28.3. The van der Waals surface area contributed by atoms with E-state index in [2.05, 4.69) is 10.1 Å². The zero-order valence-electron chi connectivity index (χ0n) is 15.2. The van der Waals surface area contributed by atoms with E-state index in [1.807, 2.05) is 38.3 Å². The Balaban J connectivity index is 1.64. The number of hydrogen-bond acceptors (Lipinski definition) is 3. The predicted octanol–water partition coefficient (Wildman–Crippen LogP) is 2.90. The number of nitrogens with zero attached hydrogens (tertiary/aromatic N) is 3. The van der Waals surface area contributed by atoms with Crippen LogP contribution < -0.4 is 5.56 Å². The molecule has 0 saturated carbocycles. The van der Waals surface area contributed by atoms with Crippen LogP contribution in [0.5, 0.6) is 0 Å². The van der Waals surface area contributed by atoms with Crippen molar-refractivity contribution in [3.05, 3.63) is 99.4 Å². The highest BCUT2D eigenvalue weighted by Crippen LogP contribution is 2.19. The van der Waals surface area contributed by atoms with Gasteiger partial charge in [-0.1, -0.05) is 23.7 Å². The molecule has 0 fully saturated rings. The first-order valence-electron chi connectivity index (χ1n) is 8.84. The Morgan fingerprint density at radius 3 is 2.50 bits per heavy atom. The van der Waals surface area contributed by atoms with Crippen LogP contribution in [-0.2, 0) is 6.54 Å². The van der Waals surface area contributed by atoms with Crippen LogP contribution in [0.4, 0.5) is 8.78 Å². The Bertz CT molecular complexity index is 1160. The Kier molecular flexibility index (Phi) is 4.73. The van der Waals surface area contributed by atoms with Crippen LogP contribution in [0.1, 0.15) is 17.5 Å². The highest BCUT2D eigenvalue weighted by molar-refractivity contribution is 6.26. The first kappa shape index (κ1) is 18.0. The molecule has 3 aromatic rings. The molecule has 0 amide bonds. The first-order valence-corrected chi connectivity index (χ1v) is 8.84. The molecule has 0 bridgehead atoms. The zero-order chi connectivity index (χ0) is 19.7. The molecular formula is C21H16BF2N3O. The van der Waals surface area contributed by atoms with E-state index in [4.69, 9.17) is 0 Å². The highest BCUT2D eigenvalue weighted by Gasteiger charge is 2.11. The molecule has 0 saturated heterocycles. The Morgan fingerprint density at radius 1 is 1.00 bits per heavy atom. The topological polar surface area (TPSA) is 47.2 Å². The van der Waals surface area contributed by atoms with E-state index >= 15 is 0 Å². The third-order valence-electron chi connectivity index (χ3n) is 4.50. The number of rotatable bonds is 4. The lowest BCUT2D eigenvalue weighted by Gasteiger charge is -2.09. The maximum absolute atomic E-state index is 13.5. The van der Waals surface area contributed by atoms with E-state index in [1.165, 1.54) is 34.4 Å². The standard InChI is InChI=1S/C21H16BF2N3O/c22-16-9-20(25-11-16)14-3-1-2-13(6-14)12-27-21(28)5-4-19(26-27)15-7-17(23)10-18(24)8-15/h1-8,10-11H,9,12,22H2. The molecule has 4 rings (SSSR count). The van der Waals surface area contributed by atoms with Crippen molar-refractivity contribution in [3.8, 4) is 11.3 Å². The van der Waals surface area contributed by atoms with Gasteiger partial charge in [-0.3, -0.25) is 9.79 Å². The minimum Gasteiger partial charge on any atom is -0.268 e. The lowest BCUT2D eigenvalue weighted by molar-refractivity contribution is 0.583. The number of allylic oxidation sites excluding steroid dienone is 1. The van der Waals surface area contributed by atoms with Crippen molar-refractivity contribution in [3.63, 3.8) is 0 Å². The van der Waals surface area contributed by atoms with Gasteiger partial charge in [0.2, 0.25) is 0 Å². The van der Waals surface area contributed by atoms with Crippen LogP contribution in [0.25, 0.3) is 11.3 Å². The maximum Gasteiger partial charge on any atom is 0.267 e. The fraction of sp³-hybridized carbons (Fsp3) is 0.0952. The van der Waals surface area contributed by atoms with Crippen LogP contribution in [0.15, 0.2) is 76.1 Å². The van der Waals surface area contributed by atoms with Gasteiger partial charge >= 0.3 is 0 Å². The van der Waals surface area contributed by atoms with Crippen LogP contribution in [0.3, 0.4) is 0 Å². The van der Waals surface area contributed by atoms with Crippen molar-refractivity contribution in [2.24, 2.45) is 4.99 Å². The van der Waals surface area contributed by atoms with Crippen molar-refractivity contribution in [2.75, 3.05) is 0 Å². The summed E-state index contributed by atoms with van der Waals surface area (Å²) >= 11 is 0. The molecule has 0 N–H and O–H groups in total. The molecule has 4 nitrogen and oxygen atoms in total. The summed E-state index contributed by atoms with van der Waals surface area (Å²) in [5.41, 5.74) is 4.40. The summed E-state index contributed by atoms with van der Waals surface area (Å²) in [6, 6.07) is 13.8. The molecule has 1 aromatic heterocycles. The van der Waals surface area contributed by atoms with Crippen molar-refractivity contribution < 1.29 is 8.78 Å². The van der Waals surface area contributed by atoms with E-state index in [-0.39, 0.29) is 17.7 Å². The molecule has 1 aliphatic heterocycles. The normalized spacial score (nSPS) is 13.4. The van der Waals surface area contributed by atoms with Gasteiger partial charge in [0, 0.05) is 30.3 Å². The minimum absolute atomic E-state index is 0.248. The summed E-state index contributed by atoms with van der Waals surface area (Å²) in [6.07, 6.45) is 2.66. The molecule has 0 spiro atoms. The third kappa shape index (κ3) is 3.83. The fourth-order valence-corrected chi connectivity index (χ4v) is 3.16. The van der Waals surface area contributed by atoms with E-state index in [0.29, 0.717) is 5.69 Å². The molecule has 2 heterocycles. The fourth-order valence-electron chi connectivity index (χ4n) is 3.16. The molecule has 0 radical (unpaired) electrons. The Labute approximate surface area is 161 Å². The second-order valence-corrected chi connectivity index (χ2v) is 6.80. The van der Waals surface area contributed by atoms with Crippen LogP contribution in [0.2, 0.25) is 0 Å². The SMILES string of the molecule is BC1=CN=C(c2cccc(Cn3nc(-c4cc(F)cc(F)c4)ccc3=O)c2)C1. The van der Waals surface area contributed by atoms with Crippen LogP contribution in [-0.4, -0.2) is 23.3 Å². The summed E-state index contributed by atoms with van der Waals surface area (Å²) in [5.74, 6) is -1.38. The van der Waals surface area contributed by atoms with Crippen molar-refractivity contribution >= 4 is 13.6 Å².